The van der Waals surface area contributed by atoms with Crippen molar-refractivity contribution in [1.29, 1.82) is 0 Å². The van der Waals surface area contributed by atoms with Gasteiger partial charge >= 0.3 is 0 Å². The van der Waals surface area contributed by atoms with Gasteiger partial charge in [0.25, 0.3) is 0 Å². The fourth-order valence-electron chi connectivity index (χ4n) is 1.77. The van der Waals surface area contributed by atoms with Crippen LogP contribution in [0.5, 0.6) is 0 Å². The molecule has 0 aromatic heterocycles. The first-order valence-corrected chi connectivity index (χ1v) is 7.29. The highest BCUT2D eigenvalue weighted by molar-refractivity contribution is 7.98. The van der Waals surface area contributed by atoms with Crippen LogP contribution in [0.1, 0.15) is 15.9 Å². The van der Waals surface area contributed by atoms with E-state index in [0.717, 1.165) is 10.6 Å². The number of carbonyl (C=O) groups is 1. The Morgan fingerprint density at radius 1 is 1.25 bits per heavy atom. The third kappa shape index (κ3) is 3.51. The van der Waals surface area contributed by atoms with Crippen LogP contribution < -0.4 is 11.1 Å². The third-order valence-corrected chi connectivity index (χ3v) is 3.65. The molecule has 0 heterocycles. The van der Waals surface area contributed by atoms with Crippen molar-refractivity contribution < 1.29 is 9.18 Å². The van der Waals surface area contributed by atoms with Gasteiger partial charge in [-0.25, -0.2) is 4.39 Å². The average Bonchev–Trinajstić information content (AvgIpc) is 2.46. The van der Waals surface area contributed by atoms with Crippen molar-refractivity contribution in [2.45, 2.75) is 11.4 Å². The molecule has 1 amide bonds. The molecule has 2 rings (SSSR count). The van der Waals surface area contributed by atoms with Crippen LogP contribution in [0.2, 0.25) is 0 Å². The van der Waals surface area contributed by atoms with Crippen LogP contribution in [0.3, 0.4) is 0 Å². The van der Waals surface area contributed by atoms with Crippen molar-refractivity contribution >= 4 is 23.4 Å². The first kappa shape index (κ1) is 14.4. The van der Waals surface area contributed by atoms with E-state index < -0.39 is 5.91 Å². The number of halogens is 1. The van der Waals surface area contributed by atoms with Gasteiger partial charge in [-0.3, -0.25) is 4.79 Å². The van der Waals surface area contributed by atoms with E-state index in [1.165, 1.54) is 18.2 Å². The fourth-order valence-corrected chi connectivity index (χ4v) is 2.18. The van der Waals surface area contributed by atoms with Crippen LogP contribution in [0.4, 0.5) is 10.1 Å². The van der Waals surface area contributed by atoms with E-state index in [9.17, 15) is 9.18 Å². The molecule has 0 aliphatic heterocycles. The van der Waals surface area contributed by atoms with Crippen LogP contribution in [0, 0.1) is 5.82 Å². The van der Waals surface area contributed by atoms with Crippen molar-refractivity contribution in [2.24, 2.45) is 5.73 Å². The van der Waals surface area contributed by atoms with Gasteiger partial charge in [0.05, 0.1) is 0 Å². The zero-order valence-electron chi connectivity index (χ0n) is 11.0. The van der Waals surface area contributed by atoms with Gasteiger partial charge in [0, 0.05) is 28.3 Å². The van der Waals surface area contributed by atoms with Crippen molar-refractivity contribution in [3.8, 4) is 0 Å². The van der Waals surface area contributed by atoms with Gasteiger partial charge in [0.15, 0.2) is 0 Å². The summed E-state index contributed by atoms with van der Waals surface area (Å²) in [6.07, 6.45) is 2.01. The van der Waals surface area contributed by atoms with E-state index in [0.29, 0.717) is 17.7 Å². The molecule has 0 spiro atoms. The lowest BCUT2D eigenvalue weighted by atomic mass is 10.1. The van der Waals surface area contributed by atoms with Gasteiger partial charge in [0.2, 0.25) is 5.91 Å². The molecular weight excluding hydrogens is 275 g/mol. The molecule has 3 nitrogen and oxygen atoms in total. The van der Waals surface area contributed by atoms with E-state index in [2.05, 4.69) is 5.32 Å². The zero-order valence-corrected chi connectivity index (χ0v) is 11.8. The Hall–Kier alpha value is -2.01. The summed E-state index contributed by atoms with van der Waals surface area (Å²) in [5.41, 5.74) is 6.80. The summed E-state index contributed by atoms with van der Waals surface area (Å²) in [6.45, 7) is 0.297. The van der Waals surface area contributed by atoms with Crippen molar-refractivity contribution in [3.63, 3.8) is 0 Å². The summed E-state index contributed by atoms with van der Waals surface area (Å²) < 4.78 is 13.7. The molecular formula is C15H15FN2OS. The molecule has 0 aliphatic carbocycles. The summed E-state index contributed by atoms with van der Waals surface area (Å²) in [5, 5.41) is 3.12. The number of rotatable bonds is 5. The molecule has 0 bridgehead atoms. The minimum Gasteiger partial charge on any atom is -0.381 e. The number of hydrogen-bond donors (Lipinski definition) is 2. The molecule has 2 aromatic rings. The predicted octanol–water partition coefficient (Wildman–Crippen LogP) is 3.26. The van der Waals surface area contributed by atoms with Crippen LogP contribution in [0.25, 0.3) is 0 Å². The van der Waals surface area contributed by atoms with Crippen molar-refractivity contribution in [2.75, 3.05) is 11.6 Å². The Balaban J connectivity index is 2.09. The molecule has 104 valence electrons. The van der Waals surface area contributed by atoms with Crippen molar-refractivity contribution in [3.05, 3.63) is 59.4 Å². The molecule has 0 aliphatic rings. The van der Waals surface area contributed by atoms with E-state index >= 15 is 0 Å². The van der Waals surface area contributed by atoms with Gasteiger partial charge in [-0.15, -0.1) is 11.8 Å². The Labute approximate surface area is 121 Å². The van der Waals surface area contributed by atoms with Crippen LogP contribution in [0.15, 0.2) is 47.4 Å². The summed E-state index contributed by atoms with van der Waals surface area (Å²) in [6, 6.07) is 12.0. The zero-order chi connectivity index (χ0) is 14.5. The lowest BCUT2D eigenvalue weighted by Gasteiger charge is -2.09. The maximum absolute atomic E-state index is 13.7. The maximum atomic E-state index is 13.7. The first-order valence-electron chi connectivity index (χ1n) is 6.06. The normalized spacial score (nSPS) is 10.3. The smallest absolute Gasteiger partial charge is 0.248 e. The number of nitrogens with one attached hydrogen (secondary N) is 1. The Bertz CT molecular complexity index is 614. The molecule has 2 aromatic carbocycles. The standard InChI is InChI=1S/C15H15FN2OS/c1-20-13-5-3-12(4-6-13)18-9-11-8-10(15(17)19)2-7-14(11)16/h2-8,18H,9H2,1H3,(H2,17,19). The highest BCUT2D eigenvalue weighted by atomic mass is 32.2. The fraction of sp³-hybridized carbons (Fsp3) is 0.133. The highest BCUT2D eigenvalue weighted by Crippen LogP contribution is 2.18. The quantitative estimate of drug-likeness (QED) is 0.831. The van der Waals surface area contributed by atoms with Gasteiger partial charge in [-0.05, 0) is 48.7 Å². The second kappa shape index (κ2) is 6.43. The Morgan fingerprint density at radius 2 is 1.95 bits per heavy atom. The minimum absolute atomic E-state index is 0.297. The van der Waals surface area contributed by atoms with Crippen molar-refractivity contribution in [1.82, 2.24) is 0 Å². The van der Waals surface area contributed by atoms with Gasteiger partial charge in [-0.1, -0.05) is 0 Å². The number of thioether (sulfide) groups is 1. The van der Waals surface area contributed by atoms with Crippen LogP contribution in [-0.2, 0) is 6.54 Å². The Morgan fingerprint density at radius 3 is 2.55 bits per heavy atom. The maximum Gasteiger partial charge on any atom is 0.248 e. The molecule has 0 radical (unpaired) electrons. The summed E-state index contributed by atoms with van der Waals surface area (Å²) >= 11 is 1.66. The number of benzene rings is 2. The molecule has 0 saturated heterocycles. The largest absolute Gasteiger partial charge is 0.381 e. The molecule has 0 unspecified atom stereocenters. The Kier molecular flexibility index (Phi) is 4.63. The number of carbonyl (C=O) groups excluding carboxylic acids is 1. The topological polar surface area (TPSA) is 55.1 Å². The number of nitrogens with two attached hydrogens (primary N) is 1. The third-order valence-electron chi connectivity index (χ3n) is 2.90. The summed E-state index contributed by atoms with van der Waals surface area (Å²) in [7, 11) is 0. The van der Waals surface area contributed by atoms with E-state index in [-0.39, 0.29) is 5.82 Å². The molecule has 0 atom stereocenters. The molecule has 3 N–H and O–H groups in total. The second-order valence-electron chi connectivity index (χ2n) is 4.25. The number of primary amides is 1. The number of anilines is 1. The summed E-state index contributed by atoms with van der Waals surface area (Å²) in [5.74, 6) is -0.918. The van der Waals surface area contributed by atoms with Gasteiger partial charge in [-0.2, -0.15) is 0 Å². The van der Waals surface area contributed by atoms with Crippen LogP contribution >= 0.6 is 11.8 Å². The van der Waals surface area contributed by atoms with Crippen LogP contribution in [-0.4, -0.2) is 12.2 Å². The first-order chi connectivity index (χ1) is 9.60. The molecule has 20 heavy (non-hydrogen) atoms. The monoisotopic (exact) mass is 290 g/mol. The minimum atomic E-state index is -0.560. The number of amides is 1. The molecule has 0 fully saturated rings. The molecule has 5 heteroatoms. The lowest BCUT2D eigenvalue weighted by Crippen LogP contribution is -2.12. The second-order valence-corrected chi connectivity index (χ2v) is 5.13. The predicted molar refractivity (Wildman–Crippen MR) is 80.5 cm³/mol. The summed E-state index contributed by atoms with van der Waals surface area (Å²) in [4.78, 5) is 12.3. The average molecular weight is 290 g/mol. The van der Waals surface area contributed by atoms with E-state index in [1.807, 2.05) is 30.5 Å². The highest BCUT2D eigenvalue weighted by Gasteiger charge is 2.07. The van der Waals surface area contributed by atoms with Gasteiger partial charge < -0.3 is 11.1 Å². The SMILES string of the molecule is CSc1ccc(NCc2cc(C(N)=O)ccc2F)cc1. The number of hydrogen-bond acceptors (Lipinski definition) is 3. The van der Waals surface area contributed by atoms with E-state index in [4.69, 9.17) is 5.73 Å². The molecule has 0 saturated carbocycles. The lowest BCUT2D eigenvalue weighted by molar-refractivity contribution is 0.1000. The van der Waals surface area contributed by atoms with E-state index in [1.54, 1.807) is 11.8 Å². The van der Waals surface area contributed by atoms with Gasteiger partial charge in [0.1, 0.15) is 5.82 Å².